The van der Waals surface area contributed by atoms with Crippen LogP contribution in [0.2, 0.25) is 0 Å². The van der Waals surface area contributed by atoms with Crippen molar-refractivity contribution in [1.29, 1.82) is 0 Å². The summed E-state index contributed by atoms with van der Waals surface area (Å²) in [6.45, 7) is 3.43. The third kappa shape index (κ3) is 4.17. The van der Waals surface area contributed by atoms with E-state index in [1.807, 2.05) is 54.3 Å². The van der Waals surface area contributed by atoms with Crippen LogP contribution in [0.25, 0.3) is 10.9 Å². The van der Waals surface area contributed by atoms with E-state index >= 15 is 0 Å². The van der Waals surface area contributed by atoms with E-state index < -0.39 is 0 Å². The number of rotatable bonds is 5. The minimum Gasteiger partial charge on any atom is -0.354 e. The fourth-order valence-corrected chi connectivity index (χ4v) is 4.80. The van der Waals surface area contributed by atoms with Gasteiger partial charge in [0.05, 0.1) is 16.8 Å². The molecular weight excluding hydrogens is 422 g/mol. The molecule has 0 atom stereocenters. The third-order valence-corrected chi connectivity index (χ3v) is 6.74. The highest BCUT2D eigenvalue weighted by Gasteiger charge is 2.27. The van der Waals surface area contributed by atoms with E-state index in [0.29, 0.717) is 41.3 Å². The van der Waals surface area contributed by atoms with E-state index in [-0.39, 0.29) is 5.91 Å². The number of anilines is 2. The molecule has 170 valence electrons. The van der Waals surface area contributed by atoms with Crippen LogP contribution in [0.1, 0.15) is 50.6 Å². The van der Waals surface area contributed by atoms with Crippen LogP contribution in [0.4, 0.5) is 11.4 Å². The molecule has 0 radical (unpaired) electrons. The number of aromatic nitrogens is 1. The van der Waals surface area contributed by atoms with E-state index in [4.69, 9.17) is 0 Å². The highest BCUT2D eigenvalue weighted by molar-refractivity contribution is 6.10. The Morgan fingerprint density at radius 1 is 0.971 bits per heavy atom. The van der Waals surface area contributed by atoms with E-state index in [2.05, 4.69) is 34.6 Å². The van der Waals surface area contributed by atoms with Gasteiger partial charge in [-0.2, -0.15) is 0 Å². The minimum atomic E-state index is -0.0338. The predicted octanol–water partition coefficient (Wildman–Crippen LogP) is 6.12. The molecule has 0 spiro atoms. The van der Waals surface area contributed by atoms with E-state index in [9.17, 15) is 9.59 Å². The molecule has 1 saturated heterocycles. The number of hydrogen-bond acceptors (Lipinski definition) is 4. The van der Waals surface area contributed by atoms with E-state index in [1.54, 1.807) is 12.3 Å². The lowest BCUT2D eigenvalue weighted by atomic mass is 9.89. The van der Waals surface area contributed by atoms with Gasteiger partial charge in [-0.15, -0.1) is 0 Å². The Bertz CT molecular complexity index is 1340. The molecule has 3 aromatic carbocycles. The summed E-state index contributed by atoms with van der Waals surface area (Å²) in [5, 5.41) is 4.25. The number of likely N-dealkylation sites (tertiary alicyclic amines) is 1. The van der Waals surface area contributed by atoms with Gasteiger partial charge >= 0.3 is 0 Å². The number of nitrogens with zero attached hydrogens (tertiary/aromatic N) is 2. The van der Waals surface area contributed by atoms with Crippen molar-refractivity contribution in [3.05, 3.63) is 101 Å². The zero-order chi connectivity index (χ0) is 23.5. The van der Waals surface area contributed by atoms with Crippen molar-refractivity contribution in [1.82, 2.24) is 9.88 Å². The summed E-state index contributed by atoms with van der Waals surface area (Å²) in [5.41, 5.74) is 5.64. The van der Waals surface area contributed by atoms with Gasteiger partial charge in [0, 0.05) is 35.9 Å². The number of amides is 1. The van der Waals surface area contributed by atoms with Gasteiger partial charge < -0.3 is 10.2 Å². The molecule has 34 heavy (non-hydrogen) atoms. The lowest BCUT2D eigenvalue weighted by Gasteiger charge is -2.33. The Morgan fingerprint density at radius 2 is 1.71 bits per heavy atom. The van der Waals surface area contributed by atoms with Gasteiger partial charge in [0.15, 0.2) is 6.29 Å². The number of carbonyl (C=O) groups excluding carboxylic acids is 2. The molecule has 5 heteroatoms. The van der Waals surface area contributed by atoms with Crippen molar-refractivity contribution < 1.29 is 9.59 Å². The fraction of sp³-hybridized carbons (Fsp3) is 0.207. The number of benzene rings is 3. The lowest BCUT2D eigenvalue weighted by molar-refractivity contribution is 0.0713. The molecule has 2 heterocycles. The molecule has 5 nitrogen and oxygen atoms in total. The van der Waals surface area contributed by atoms with Gasteiger partial charge in [-0.25, -0.2) is 0 Å². The van der Waals surface area contributed by atoms with Crippen LogP contribution in [0.5, 0.6) is 0 Å². The molecule has 0 saturated carbocycles. The van der Waals surface area contributed by atoms with Gasteiger partial charge in [-0.05, 0) is 48.9 Å². The number of carbonyl (C=O) groups is 2. The van der Waals surface area contributed by atoms with Crippen molar-refractivity contribution in [2.24, 2.45) is 0 Å². The predicted molar refractivity (Wildman–Crippen MR) is 136 cm³/mol. The number of pyridine rings is 1. The normalized spacial score (nSPS) is 14.2. The summed E-state index contributed by atoms with van der Waals surface area (Å²) in [6.07, 6.45) is 4.30. The number of para-hydroxylation sites is 2. The van der Waals surface area contributed by atoms with Crippen molar-refractivity contribution in [2.45, 2.75) is 25.7 Å². The molecule has 1 aliphatic heterocycles. The van der Waals surface area contributed by atoms with Crippen molar-refractivity contribution in [3.63, 3.8) is 0 Å². The molecule has 1 amide bonds. The van der Waals surface area contributed by atoms with Crippen LogP contribution >= 0.6 is 0 Å². The average molecular weight is 450 g/mol. The van der Waals surface area contributed by atoms with E-state index in [1.165, 1.54) is 5.56 Å². The summed E-state index contributed by atoms with van der Waals surface area (Å²) >= 11 is 0. The first-order chi connectivity index (χ1) is 16.7. The van der Waals surface area contributed by atoms with Gasteiger partial charge in [0.25, 0.3) is 5.91 Å². The highest BCUT2D eigenvalue weighted by atomic mass is 16.2. The molecule has 0 unspecified atom stereocenters. The Labute approximate surface area is 199 Å². The fourth-order valence-electron chi connectivity index (χ4n) is 4.80. The SMILES string of the molecule is Cc1ccccc1Nc1c(C(=O)N2CCC(c3ccccc3)CC2)cnc2c(C=O)cccc12. The first kappa shape index (κ1) is 21.8. The number of aldehydes is 1. The van der Waals surface area contributed by atoms with Gasteiger partial charge in [0.1, 0.15) is 0 Å². The van der Waals surface area contributed by atoms with Gasteiger partial charge in [0.2, 0.25) is 0 Å². The van der Waals surface area contributed by atoms with Crippen LogP contribution in [0.15, 0.2) is 79.0 Å². The standard InChI is InChI=1S/C29H27N3O2/c1-20-8-5-6-13-26(20)31-28-24-12-7-11-23(19-33)27(24)30-18-25(28)29(34)32-16-14-22(15-17-32)21-9-3-2-4-10-21/h2-13,18-19,22H,14-17H2,1H3,(H,30,31). The zero-order valence-corrected chi connectivity index (χ0v) is 19.2. The highest BCUT2D eigenvalue weighted by Crippen LogP contribution is 2.34. The Kier molecular flexibility index (Phi) is 6.09. The van der Waals surface area contributed by atoms with E-state index in [0.717, 1.165) is 35.8 Å². The van der Waals surface area contributed by atoms with Crippen LogP contribution in [-0.4, -0.2) is 35.2 Å². The van der Waals surface area contributed by atoms with Crippen LogP contribution in [-0.2, 0) is 0 Å². The summed E-state index contributed by atoms with van der Waals surface area (Å²) in [6, 6.07) is 24.0. The number of piperidine rings is 1. The molecular formula is C29H27N3O2. The topological polar surface area (TPSA) is 62.3 Å². The Balaban J connectivity index is 1.49. The lowest BCUT2D eigenvalue weighted by Crippen LogP contribution is -2.38. The molecule has 0 bridgehead atoms. The largest absolute Gasteiger partial charge is 0.354 e. The molecule has 1 fully saturated rings. The summed E-state index contributed by atoms with van der Waals surface area (Å²) < 4.78 is 0. The number of aryl methyl sites for hydroxylation is 1. The summed E-state index contributed by atoms with van der Waals surface area (Å²) in [7, 11) is 0. The summed E-state index contributed by atoms with van der Waals surface area (Å²) in [4.78, 5) is 31.8. The number of hydrogen-bond donors (Lipinski definition) is 1. The van der Waals surface area contributed by atoms with Crippen molar-refractivity contribution in [2.75, 3.05) is 18.4 Å². The smallest absolute Gasteiger partial charge is 0.257 e. The molecule has 1 N–H and O–H groups in total. The number of nitrogens with one attached hydrogen (secondary N) is 1. The molecule has 1 aliphatic rings. The van der Waals surface area contributed by atoms with Crippen LogP contribution < -0.4 is 5.32 Å². The maximum absolute atomic E-state index is 13.7. The van der Waals surface area contributed by atoms with Gasteiger partial charge in [-0.3, -0.25) is 14.6 Å². The molecule has 1 aromatic heterocycles. The summed E-state index contributed by atoms with van der Waals surface area (Å²) in [5.74, 6) is 0.438. The second kappa shape index (κ2) is 9.48. The maximum Gasteiger partial charge on any atom is 0.257 e. The average Bonchev–Trinajstić information content (AvgIpc) is 2.90. The molecule has 4 aromatic rings. The Hall–Kier alpha value is -3.99. The Morgan fingerprint density at radius 3 is 2.44 bits per heavy atom. The first-order valence-corrected chi connectivity index (χ1v) is 11.7. The van der Waals surface area contributed by atoms with Crippen molar-refractivity contribution in [3.8, 4) is 0 Å². The van der Waals surface area contributed by atoms with Crippen molar-refractivity contribution >= 4 is 34.5 Å². The maximum atomic E-state index is 13.7. The van der Waals surface area contributed by atoms with Gasteiger partial charge in [-0.1, -0.05) is 60.7 Å². The second-order valence-corrected chi connectivity index (χ2v) is 8.83. The third-order valence-electron chi connectivity index (χ3n) is 6.74. The minimum absolute atomic E-state index is 0.0338. The second-order valence-electron chi connectivity index (χ2n) is 8.83. The molecule has 0 aliphatic carbocycles. The molecule has 5 rings (SSSR count). The van der Waals surface area contributed by atoms with Crippen LogP contribution in [0.3, 0.4) is 0 Å². The first-order valence-electron chi connectivity index (χ1n) is 11.7. The monoisotopic (exact) mass is 449 g/mol. The van der Waals surface area contributed by atoms with Crippen LogP contribution in [0, 0.1) is 6.92 Å². The number of fused-ring (bicyclic) bond motifs is 1. The quantitative estimate of drug-likeness (QED) is 0.373. The zero-order valence-electron chi connectivity index (χ0n) is 19.2.